The SMILES string of the molecule is CC(NCC1(O)CCCCCC1)c1cccc(Cl)c1. The second kappa shape index (κ2) is 6.74. The fraction of sp³-hybridized carbons (Fsp3) is 0.625. The van der Waals surface area contributed by atoms with E-state index >= 15 is 0 Å². The lowest BCUT2D eigenvalue weighted by molar-refractivity contribution is 0.0231. The van der Waals surface area contributed by atoms with Crippen molar-refractivity contribution in [3.8, 4) is 0 Å². The molecule has 1 aliphatic carbocycles. The summed E-state index contributed by atoms with van der Waals surface area (Å²) < 4.78 is 0. The van der Waals surface area contributed by atoms with Gasteiger partial charge >= 0.3 is 0 Å². The maximum Gasteiger partial charge on any atom is 0.0771 e. The average Bonchev–Trinajstić information content (AvgIpc) is 2.61. The summed E-state index contributed by atoms with van der Waals surface area (Å²) in [4.78, 5) is 0. The fourth-order valence-corrected chi connectivity index (χ4v) is 3.00. The average molecular weight is 282 g/mol. The Labute approximate surface area is 121 Å². The zero-order chi connectivity index (χ0) is 13.7. The molecule has 3 heteroatoms. The molecule has 0 radical (unpaired) electrons. The monoisotopic (exact) mass is 281 g/mol. The van der Waals surface area contributed by atoms with Gasteiger partial charge in [0, 0.05) is 17.6 Å². The van der Waals surface area contributed by atoms with Crippen LogP contribution in [-0.4, -0.2) is 17.3 Å². The normalized spacial score (nSPS) is 20.8. The number of halogens is 1. The van der Waals surface area contributed by atoms with Gasteiger partial charge in [0.05, 0.1) is 5.60 Å². The van der Waals surface area contributed by atoms with Gasteiger partial charge in [0.25, 0.3) is 0 Å². The molecule has 19 heavy (non-hydrogen) atoms. The summed E-state index contributed by atoms with van der Waals surface area (Å²) in [6.07, 6.45) is 6.64. The second-order valence-electron chi connectivity index (χ2n) is 5.80. The van der Waals surface area contributed by atoms with Gasteiger partial charge in [-0.2, -0.15) is 0 Å². The Bertz CT molecular complexity index is 399. The van der Waals surface area contributed by atoms with Gasteiger partial charge in [-0.25, -0.2) is 0 Å². The molecule has 2 N–H and O–H groups in total. The van der Waals surface area contributed by atoms with Crippen molar-refractivity contribution in [3.63, 3.8) is 0 Å². The summed E-state index contributed by atoms with van der Waals surface area (Å²) in [5.74, 6) is 0. The summed E-state index contributed by atoms with van der Waals surface area (Å²) in [7, 11) is 0. The Morgan fingerprint density at radius 2 is 1.95 bits per heavy atom. The number of hydrogen-bond acceptors (Lipinski definition) is 2. The predicted molar refractivity (Wildman–Crippen MR) is 80.5 cm³/mol. The first-order valence-corrected chi connectivity index (χ1v) is 7.68. The Morgan fingerprint density at radius 3 is 2.58 bits per heavy atom. The number of benzene rings is 1. The predicted octanol–water partition coefficient (Wildman–Crippen LogP) is 4.08. The second-order valence-corrected chi connectivity index (χ2v) is 6.23. The molecule has 1 saturated carbocycles. The minimum atomic E-state index is -0.524. The highest BCUT2D eigenvalue weighted by Crippen LogP contribution is 2.27. The van der Waals surface area contributed by atoms with Crippen molar-refractivity contribution in [2.75, 3.05) is 6.54 Å². The minimum absolute atomic E-state index is 0.214. The van der Waals surface area contributed by atoms with Gasteiger partial charge in [-0.05, 0) is 37.5 Å². The van der Waals surface area contributed by atoms with Crippen LogP contribution in [0, 0.1) is 0 Å². The molecule has 1 aliphatic rings. The van der Waals surface area contributed by atoms with Crippen molar-refractivity contribution in [1.29, 1.82) is 0 Å². The molecule has 0 heterocycles. The van der Waals surface area contributed by atoms with Crippen LogP contribution in [-0.2, 0) is 0 Å². The van der Waals surface area contributed by atoms with Crippen molar-refractivity contribution in [2.45, 2.75) is 57.1 Å². The Hall–Kier alpha value is -0.570. The third kappa shape index (κ3) is 4.48. The number of rotatable bonds is 4. The molecular weight excluding hydrogens is 258 g/mol. The first kappa shape index (κ1) is 14.8. The highest BCUT2D eigenvalue weighted by molar-refractivity contribution is 6.30. The van der Waals surface area contributed by atoms with Gasteiger partial charge in [-0.15, -0.1) is 0 Å². The van der Waals surface area contributed by atoms with Gasteiger partial charge in [-0.1, -0.05) is 49.4 Å². The van der Waals surface area contributed by atoms with E-state index in [-0.39, 0.29) is 6.04 Å². The first-order valence-electron chi connectivity index (χ1n) is 7.30. The molecule has 0 saturated heterocycles. The quantitative estimate of drug-likeness (QED) is 0.815. The third-order valence-corrected chi connectivity index (χ3v) is 4.36. The molecule has 1 fully saturated rings. The van der Waals surface area contributed by atoms with Crippen LogP contribution in [0.4, 0.5) is 0 Å². The van der Waals surface area contributed by atoms with Gasteiger partial charge in [0.2, 0.25) is 0 Å². The van der Waals surface area contributed by atoms with E-state index in [2.05, 4.69) is 18.3 Å². The Balaban J connectivity index is 1.90. The van der Waals surface area contributed by atoms with E-state index in [1.54, 1.807) is 0 Å². The van der Waals surface area contributed by atoms with E-state index in [0.29, 0.717) is 6.54 Å². The maximum absolute atomic E-state index is 10.6. The summed E-state index contributed by atoms with van der Waals surface area (Å²) in [6.45, 7) is 2.78. The van der Waals surface area contributed by atoms with Crippen LogP contribution >= 0.6 is 11.6 Å². The Morgan fingerprint density at radius 1 is 1.26 bits per heavy atom. The van der Waals surface area contributed by atoms with Crippen LogP contribution < -0.4 is 5.32 Å². The molecule has 2 nitrogen and oxygen atoms in total. The lowest BCUT2D eigenvalue weighted by atomic mass is 9.94. The summed E-state index contributed by atoms with van der Waals surface area (Å²) in [6, 6.07) is 8.12. The number of aliphatic hydroxyl groups is 1. The molecule has 1 aromatic carbocycles. The zero-order valence-electron chi connectivity index (χ0n) is 11.7. The molecule has 0 aromatic heterocycles. The van der Waals surface area contributed by atoms with E-state index in [4.69, 9.17) is 11.6 Å². The van der Waals surface area contributed by atoms with Crippen molar-refractivity contribution in [3.05, 3.63) is 34.9 Å². The van der Waals surface area contributed by atoms with Crippen LogP contribution in [0.2, 0.25) is 5.02 Å². The molecule has 0 amide bonds. The summed E-state index contributed by atoms with van der Waals surface area (Å²) in [5, 5.41) is 14.8. The third-order valence-electron chi connectivity index (χ3n) is 4.12. The van der Waals surface area contributed by atoms with Crippen molar-refractivity contribution >= 4 is 11.6 Å². The van der Waals surface area contributed by atoms with Crippen molar-refractivity contribution in [2.24, 2.45) is 0 Å². The highest BCUT2D eigenvalue weighted by atomic mass is 35.5. The summed E-state index contributed by atoms with van der Waals surface area (Å²) >= 11 is 6.01. The van der Waals surface area contributed by atoms with Gasteiger partial charge in [0.15, 0.2) is 0 Å². The van der Waals surface area contributed by atoms with E-state index in [9.17, 15) is 5.11 Å². The van der Waals surface area contributed by atoms with Gasteiger partial charge in [0.1, 0.15) is 0 Å². The van der Waals surface area contributed by atoms with E-state index in [1.165, 1.54) is 18.4 Å². The molecule has 2 rings (SSSR count). The van der Waals surface area contributed by atoms with Crippen molar-refractivity contribution < 1.29 is 5.11 Å². The smallest absolute Gasteiger partial charge is 0.0771 e. The fourth-order valence-electron chi connectivity index (χ4n) is 2.80. The van der Waals surface area contributed by atoms with Crippen LogP contribution in [0.25, 0.3) is 0 Å². The lowest BCUT2D eigenvalue weighted by Crippen LogP contribution is -2.41. The highest BCUT2D eigenvalue weighted by Gasteiger charge is 2.28. The van der Waals surface area contributed by atoms with Crippen molar-refractivity contribution in [1.82, 2.24) is 5.32 Å². The largest absolute Gasteiger partial charge is 0.389 e. The van der Waals surface area contributed by atoms with Crippen LogP contribution in [0.3, 0.4) is 0 Å². The van der Waals surface area contributed by atoms with Gasteiger partial charge < -0.3 is 10.4 Å². The van der Waals surface area contributed by atoms with Crippen LogP contribution in [0.1, 0.15) is 57.1 Å². The molecule has 1 atom stereocenters. The molecule has 0 bridgehead atoms. The number of nitrogens with one attached hydrogen (secondary N) is 1. The van der Waals surface area contributed by atoms with E-state index < -0.39 is 5.60 Å². The van der Waals surface area contributed by atoms with Gasteiger partial charge in [-0.3, -0.25) is 0 Å². The van der Waals surface area contributed by atoms with Crippen LogP contribution in [0.15, 0.2) is 24.3 Å². The maximum atomic E-state index is 10.6. The number of hydrogen-bond donors (Lipinski definition) is 2. The first-order chi connectivity index (χ1) is 9.09. The minimum Gasteiger partial charge on any atom is -0.389 e. The standard InChI is InChI=1S/C16H24ClNO/c1-13(14-7-6-8-15(17)11-14)18-12-16(19)9-4-2-3-5-10-16/h6-8,11,13,18-19H,2-5,9-10,12H2,1H3. The molecule has 0 spiro atoms. The topological polar surface area (TPSA) is 32.3 Å². The molecule has 1 unspecified atom stereocenters. The molecular formula is C16H24ClNO. The van der Waals surface area contributed by atoms with E-state index in [0.717, 1.165) is 30.7 Å². The lowest BCUT2D eigenvalue weighted by Gasteiger charge is -2.29. The Kier molecular flexibility index (Phi) is 5.26. The van der Waals surface area contributed by atoms with E-state index in [1.807, 2.05) is 18.2 Å². The zero-order valence-corrected chi connectivity index (χ0v) is 12.4. The van der Waals surface area contributed by atoms with Crippen LogP contribution in [0.5, 0.6) is 0 Å². The molecule has 0 aliphatic heterocycles. The summed E-state index contributed by atoms with van der Waals surface area (Å²) in [5.41, 5.74) is 0.647. The molecule has 106 valence electrons. The molecule has 1 aromatic rings.